The predicted octanol–water partition coefficient (Wildman–Crippen LogP) is -0.349. The number of nitrogens with one attached hydrogen (secondary N) is 2. The summed E-state index contributed by atoms with van der Waals surface area (Å²) < 4.78 is 0. The van der Waals surface area contributed by atoms with Crippen molar-refractivity contribution in [2.24, 2.45) is 0 Å². The Kier molecular flexibility index (Phi) is 3.12. The van der Waals surface area contributed by atoms with Gasteiger partial charge in [0.15, 0.2) is 5.75 Å². The zero-order valence-electron chi connectivity index (χ0n) is 7.22. The summed E-state index contributed by atoms with van der Waals surface area (Å²) in [5.74, 6) is 5.27. The van der Waals surface area contributed by atoms with Crippen molar-refractivity contribution in [3.05, 3.63) is 28.2 Å². The molecule has 0 saturated heterocycles. The molecule has 0 amide bonds. The largest absolute Gasteiger partial charge is 0.503 e. The van der Waals surface area contributed by atoms with Gasteiger partial charge < -0.3 is 15.4 Å². The highest BCUT2D eigenvalue weighted by atomic mass is 16.3. The lowest BCUT2D eigenvalue weighted by molar-refractivity contribution is 0.466. The van der Waals surface area contributed by atoms with Crippen LogP contribution in [0.2, 0.25) is 0 Å². The molecule has 0 bridgehead atoms. The molecule has 0 radical (unpaired) electrons. The van der Waals surface area contributed by atoms with E-state index in [0.29, 0.717) is 12.1 Å². The van der Waals surface area contributed by atoms with E-state index in [2.05, 4.69) is 22.1 Å². The van der Waals surface area contributed by atoms with Crippen LogP contribution in [0, 0.1) is 11.8 Å². The molecule has 0 aromatic carbocycles. The first kappa shape index (κ1) is 9.36. The number of aromatic hydroxyl groups is 1. The van der Waals surface area contributed by atoms with Crippen LogP contribution in [0.4, 0.5) is 0 Å². The van der Waals surface area contributed by atoms with Gasteiger partial charge in [-0.05, 0) is 7.05 Å². The normalized spacial score (nSPS) is 9.00. The number of hydrogen-bond acceptors (Lipinski definition) is 3. The molecule has 0 spiro atoms. The zero-order chi connectivity index (χ0) is 9.68. The SMILES string of the molecule is CNCC#Cc1c[nH]c(=O)c(O)c1. The van der Waals surface area contributed by atoms with Gasteiger partial charge in [0.25, 0.3) is 5.56 Å². The molecule has 1 rings (SSSR count). The quantitative estimate of drug-likeness (QED) is 0.515. The smallest absolute Gasteiger partial charge is 0.290 e. The molecule has 0 atom stereocenters. The lowest BCUT2D eigenvalue weighted by Crippen LogP contribution is -2.05. The maximum Gasteiger partial charge on any atom is 0.290 e. The van der Waals surface area contributed by atoms with Crippen LogP contribution in [-0.4, -0.2) is 23.7 Å². The van der Waals surface area contributed by atoms with E-state index in [1.807, 2.05) is 0 Å². The van der Waals surface area contributed by atoms with Crippen LogP contribution in [0.25, 0.3) is 0 Å². The minimum Gasteiger partial charge on any atom is -0.503 e. The highest BCUT2D eigenvalue weighted by Gasteiger charge is 1.95. The average Bonchev–Trinajstić information content (AvgIpc) is 2.12. The fraction of sp³-hybridized carbons (Fsp3) is 0.222. The summed E-state index contributed by atoms with van der Waals surface area (Å²) in [6.45, 7) is 0.569. The standard InChI is InChI=1S/C9H10N2O2/c1-10-4-2-3-7-5-8(12)9(13)11-6-7/h5-6,10,12H,4H2,1H3,(H,11,13). The summed E-state index contributed by atoms with van der Waals surface area (Å²) in [4.78, 5) is 13.1. The van der Waals surface area contributed by atoms with Gasteiger partial charge in [0, 0.05) is 17.8 Å². The van der Waals surface area contributed by atoms with Crippen LogP contribution in [0.15, 0.2) is 17.1 Å². The average molecular weight is 178 g/mol. The number of aromatic amines is 1. The minimum atomic E-state index is -0.501. The summed E-state index contributed by atoms with van der Waals surface area (Å²) >= 11 is 0. The first-order chi connectivity index (χ1) is 6.24. The Morgan fingerprint density at radius 1 is 1.69 bits per heavy atom. The highest BCUT2D eigenvalue weighted by molar-refractivity contribution is 5.36. The third kappa shape index (κ3) is 2.65. The number of hydrogen-bond donors (Lipinski definition) is 3. The second-order valence-corrected chi connectivity index (χ2v) is 2.43. The number of rotatable bonds is 1. The molecule has 1 heterocycles. The molecule has 0 saturated carbocycles. The predicted molar refractivity (Wildman–Crippen MR) is 49.5 cm³/mol. The topological polar surface area (TPSA) is 65.1 Å². The van der Waals surface area contributed by atoms with Crippen molar-refractivity contribution >= 4 is 0 Å². The van der Waals surface area contributed by atoms with Crippen LogP contribution in [0.1, 0.15) is 5.56 Å². The molecule has 68 valence electrons. The van der Waals surface area contributed by atoms with E-state index in [1.54, 1.807) is 7.05 Å². The molecule has 1 aromatic heterocycles. The van der Waals surface area contributed by atoms with Crippen LogP contribution in [0.5, 0.6) is 5.75 Å². The van der Waals surface area contributed by atoms with E-state index in [-0.39, 0.29) is 5.75 Å². The third-order valence-corrected chi connectivity index (χ3v) is 1.38. The summed E-state index contributed by atoms with van der Waals surface area (Å²) in [6, 6.07) is 1.33. The van der Waals surface area contributed by atoms with Gasteiger partial charge in [-0.3, -0.25) is 4.79 Å². The Morgan fingerprint density at radius 2 is 2.46 bits per heavy atom. The highest BCUT2D eigenvalue weighted by Crippen LogP contribution is 2.00. The van der Waals surface area contributed by atoms with Crippen molar-refractivity contribution in [1.29, 1.82) is 0 Å². The molecule has 0 aliphatic rings. The number of H-pyrrole nitrogens is 1. The lowest BCUT2D eigenvalue weighted by atomic mass is 10.3. The van der Waals surface area contributed by atoms with Gasteiger partial charge in [-0.25, -0.2) is 0 Å². The summed E-state index contributed by atoms with van der Waals surface area (Å²) in [5, 5.41) is 11.9. The van der Waals surface area contributed by atoms with E-state index in [4.69, 9.17) is 5.11 Å². The molecule has 0 aliphatic carbocycles. The van der Waals surface area contributed by atoms with Crippen LogP contribution in [-0.2, 0) is 0 Å². The van der Waals surface area contributed by atoms with Crippen LogP contribution < -0.4 is 10.9 Å². The molecule has 0 unspecified atom stereocenters. The van der Waals surface area contributed by atoms with E-state index in [0.717, 1.165) is 0 Å². The van der Waals surface area contributed by atoms with Gasteiger partial charge in [0.2, 0.25) is 0 Å². The van der Waals surface area contributed by atoms with Gasteiger partial charge in [-0.15, -0.1) is 0 Å². The van der Waals surface area contributed by atoms with E-state index in [9.17, 15) is 4.79 Å². The summed E-state index contributed by atoms with van der Waals surface area (Å²) in [5.41, 5.74) is 0.0894. The van der Waals surface area contributed by atoms with Gasteiger partial charge in [0.1, 0.15) is 0 Å². The van der Waals surface area contributed by atoms with Crippen LogP contribution in [0.3, 0.4) is 0 Å². The minimum absolute atomic E-state index is 0.309. The van der Waals surface area contributed by atoms with Crippen molar-refractivity contribution in [3.8, 4) is 17.6 Å². The fourth-order valence-corrected chi connectivity index (χ4v) is 0.779. The lowest BCUT2D eigenvalue weighted by Gasteiger charge is -1.91. The molecule has 13 heavy (non-hydrogen) atoms. The second kappa shape index (κ2) is 4.33. The van der Waals surface area contributed by atoms with Gasteiger partial charge >= 0.3 is 0 Å². The molecular formula is C9H10N2O2. The van der Waals surface area contributed by atoms with Gasteiger partial charge in [-0.1, -0.05) is 11.8 Å². The molecule has 4 heteroatoms. The first-order valence-corrected chi connectivity index (χ1v) is 3.79. The Balaban J connectivity index is 2.87. The van der Waals surface area contributed by atoms with Gasteiger partial charge in [-0.2, -0.15) is 0 Å². The molecule has 0 aliphatic heterocycles. The Labute approximate surface area is 75.6 Å². The third-order valence-electron chi connectivity index (χ3n) is 1.38. The molecule has 0 fully saturated rings. The molecule has 3 N–H and O–H groups in total. The first-order valence-electron chi connectivity index (χ1n) is 3.79. The van der Waals surface area contributed by atoms with E-state index < -0.39 is 5.56 Å². The number of aromatic nitrogens is 1. The monoisotopic (exact) mass is 178 g/mol. The van der Waals surface area contributed by atoms with Crippen molar-refractivity contribution in [2.75, 3.05) is 13.6 Å². The Hall–Kier alpha value is -1.73. The van der Waals surface area contributed by atoms with E-state index in [1.165, 1.54) is 12.3 Å². The van der Waals surface area contributed by atoms with Crippen LogP contribution >= 0.6 is 0 Å². The summed E-state index contributed by atoms with van der Waals surface area (Å²) in [7, 11) is 1.79. The Morgan fingerprint density at radius 3 is 3.08 bits per heavy atom. The summed E-state index contributed by atoms with van der Waals surface area (Å²) in [6.07, 6.45) is 1.46. The van der Waals surface area contributed by atoms with Crippen molar-refractivity contribution in [1.82, 2.24) is 10.3 Å². The Bertz CT molecular complexity index is 398. The van der Waals surface area contributed by atoms with Gasteiger partial charge in [0.05, 0.1) is 6.54 Å². The fourth-order valence-electron chi connectivity index (χ4n) is 0.779. The molecule has 1 aromatic rings. The van der Waals surface area contributed by atoms with Crippen molar-refractivity contribution in [2.45, 2.75) is 0 Å². The maximum atomic E-state index is 10.7. The zero-order valence-corrected chi connectivity index (χ0v) is 7.22. The second-order valence-electron chi connectivity index (χ2n) is 2.43. The van der Waals surface area contributed by atoms with E-state index >= 15 is 0 Å². The molecular weight excluding hydrogens is 168 g/mol. The number of pyridine rings is 1. The van der Waals surface area contributed by atoms with Crippen molar-refractivity contribution in [3.63, 3.8) is 0 Å². The van der Waals surface area contributed by atoms with Crippen molar-refractivity contribution < 1.29 is 5.11 Å². The molecule has 4 nitrogen and oxygen atoms in total. The maximum absolute atomic E-state index is 10.7.